The second-order valence-corrected chi connectivity index (χ2v) is 10.3. The number of nitrogens with one attached hydrogen (secondary N) is 1. The number of nitrogens with two attached hydrogens (primary N) is 4. The minimum Gasteiger partial charge on any atom is -0.481 e. The number of aliphatic imine (C=N–C) groups is 1. The number of carboxylic acids is 1. The van der Waals surface area contributed by atoms with Gasteiger partial charge in [0.05, 0.1) is 5.92 Å². The molecule has 0 spiro atoms. The number of aliphatic carboxylic acids is 1. The Morgan fingerprint density at radius 3 is 1.98 bits per heavy atom. The fourth-order valence-electron chi connectivity index (χ4n) is 3.98. The molecule has 240 valence electrons. The molecule has 0 heterocycles. The molecule has 0 aromatic heterocycles. The minimum atomic E-state index is -0.913. The van der Waals surface area contributed by atoms with Gasteiger partial charge in [-0.1, -0.05) is 91.9 Å². The van der Waals surface area contributed by atoms with Crippen molar-refractivity contribution in [1.29, 1.82) is 0 Å². The van der Waals surface area contributed by atoms with Crippen LogP contribution in [0.5, 0.6) is 0 Å². The summed E-state index contributed by atoms with van der Waals surface area (Å²) in [6.07, 6.45) is 1.26. The SMILES string of the molecule is CC(CCC(=O)OCc1ccccc1)C(=O)O.NC(=O)C(CCCN=C(N)N)NC(=O)C(N)c1ccc(-c2ccccc2)cc1. The molecule has 0 aliphatic carbocycles. The molecular formula is C33H42N6O6. The molecule has 3 aromatic carbocycles. The number of rotatable bonds is 15. The predicted molar refractivity (Wildman–Crippen MR) is 172 cm³/mol. The van der Waals surface area contributed by atoms with Crippen LogP contribution in [0, 0.1) is 5.92 Å². The lowest BCUT2D eigenvalue weighted by Gasteiger charge is -2.19. The number of nitrogens with zero attached hydrogens (tertiary/aromatic N) is 1. The molecule has 0 aliphatic rings. The van der Waals surface area contributed by atoms with E-state index in [1.54, 1.807) is 19.1 Å². The largest absolute Gasteiger partial charge is 0.481 e. The number of guanidine groups is 1. The molecule has 45 heavy (non-hydrogen) atoms. The highest BCUT2D eigenvalue weighted by molar-refractivity contribution is 5.89. The van der Waals surface area contributed by atoms with Gasteiger partial charge in [0.1, 0.15) is 18.7 Å². The first-order valence-electron chi connectivity index (χ1n) is 14.5. The highest BCUT2D eigenvalue weighted by Crippen LogP contribution is 2.21. The van der Waals surface area contributed by atoms with Crippen LogP contribution in [0.1, 0.15) is 49.8 Å². The summed E-state index contributed by atoms with van der Waals surface area (Å²) in [6, 6.07) is 24.9. The van der Waals surface area contributed by atoms with E-state index in [4.69, 9.17) is 32.8 Å². The van der Waals surface area contributed by atoms with Crippen molar-refractivity contribution < 1.29 is 29.0 Å². The van der Waals surface area contributed by atoms with Gasteiger partial charge in [-0.2, -0.15) is 0 Å². The lowest BCUT2D eigenvalue weighted by molar-refractivity contribution is -0.146. The third-order valence-corrected chi connectivity index (χ3v) is 6.71. The van der Waals surface area contributed by atoms with Crippen LogP contribution in [0.4, 0.5) is 0 Å². The van der Waals surface area contributed by atoms with Gasteiger partial charge in [0.2, 0.25) is 11.8 Å². The minimum absolute atomic E-state index is 0.0272. The Morgan fingerprint density at radius 2 is 1.42 bits per heavy atom. The molecule has 12 heteroatoms. The summed E-state index contributed by atoms with van der Waals surface area (Å²) in [7, 11) is 0. The highest BCUT2D eigenvalue weighted by atomic mass is 16.5. The topological polar surface area (TPSA) is 226 Å². The van der Waals surface area contributed by atoms with Crippen LogP contribution in [-0.2, 0) is 30.5 Å². The predicted octanol–water partition coefficient (Wildman–Crippen LogP) is 2.61. The Morgan fingerprint density at radius 1 is 0.844 bits per heavy atom. The van der Waals surface area contributed by atoms with Gasteiger partial charge >= 0.3 is 11.9 Å². The van der Waals surface area contributed by atoms with Crippen molar-refractivity contribution in [2.45, 2.75) is 51.3 Å². The molecule has 12 nitrogen and oxygen atoms in total. The number of ether oxygens (including phenoxy) is 1. The summed E-state index contributed by atoms with van der Waals surface area (Å²) in [4.78, 5) is 49.7. The third kappa shape index (κ3) is 13.7. The third-order valence-electron chi connectivity index (χ3n) is 6.71. The number of benzene rings is 3. The summed E-state index contributed by atoms with van der Waals surface area (Å²) in [6.45, 7) is 2.16. The maximum Gasteiger partial charge on any atom is 0.306 e. The van der Waals surface area contributed by atoms with Crippen LogP contribution in [0.15, 0.2) is 89.9 Å². The molecule has 3 aromatic rings. The van der Waals surface area contributed by atoms with Crippen molar-refractivity contribution in [3.05, 3.63) is 96.1 Å². The van der Waals surface area contributed by atoms with Crippen molar-refractivity contribution in [3.63, 3.8) is 0 Å². The maximum absolute atomic E-state index is 12.4. The van der Waals surface area contributed by atoms with E-state index in [9.17, 15) is 19.2 Å². The van der Waals surface area contributed by atoms with Gasteiger partial charge in [-0.05, 0) is 41.5 Å². The molecule has 10 N–H and O–H groups in total. The molecule has 3 unspecified atom stereocenters. The number of hydrogen-bond donors (Lipinski definition) is 6. The first-order chi connectivity index (χ1) is 21.5. The summed E-state index contributed by atoms with van der Waals surface area (Å²) in [5.41, 5.74) is 25.6. The summed E-state index contributed by atoms with van der Waals surface area (Å²) in [5.74, 6) is -2.90. The van der Waals surface area contributed by atoms with E-state index < -0.39 is 35.8 Å². The van der Waals surface area contributed by atoms with Crippen LogP contribution in [0.3, 0.4) is 0 Å². The van der Waals surface area contributed by atoms with Crippen LogP contribution in [0.2, 0.25) is 0 Å². The first-order valence-corrected chi connectivity index (χ1v) is 14.5. The van der Waals surface area contributed by atoms with Crippen LogP contribution < -0.4 is 28.3 Å². The van der Waals surface area contributed by atoms with Crippen LogP contribution in [0.25, 0.3) is 11.1 Å². The van der Waals surface area contributed by atoms with E-state index in [0.29, 0.717) is 31.4 Å². The van der Waals surface area contributed by atoms with Crippen molar-refractivity contribution in [2.24, 2.45) is 33.8 Å². The fraction of sp³-hybridized carbons (Fsp3) is 0.303. The number of amides is 2. The Hall–Kier alpha value is -5.23. The van der Waals surface area contributed by atoms with E-state index in [1.807, 2.05) is 72.8 Å². The van der Waals surface area contributed by atoms with Crippen LogP contribution in [-0.4, -0.2) is 47.4 Å². The smallest absolute Gasteiger partial charge is 0.306 e. The molecule has 0 aliphatic heterocycles. The zero-order valence-electron chi connectivity index (χ0n) is 25.3. The van der Waals surface area contributed by atoms with Gasteiger partial charge in [-0.3, -0.25) is 24.2 Å². The van der Waals surface area contributed by atoms with Crippen LogP contribution >= 0.6 is 0 Å². The number of esters is 1. The van der Waals surface area contributed by atoms with Crippen molar-refractivity contribution in [3.8, 4) is 11.1 Å². The second-order valence-electron chi connectivity index (χ2n) is 10.3. The summed E-state index contributed by atoms with van der Waals surface area (Å²) >= 11 is 0. The van der Waals surface area contributed by atoms with Gasteiger partial charge in [-0.15, -0.1) is 0 Å². The molecule has 2 amide bonds. The zero-order chi connectivity index (χ0) is 33.2. The van der Waals surface area contributed by atoms with E-state index in [1.165, 1.54) is 0 Å². The van der Waals surface area contributed by atoms with Crippen molar-refractivity contribution >= 4 is 29.7 Å². The molecule has 0 bridgehead atoms. The molecule has 0 saturated carbocycles. The molecule has 0 saturated heterocycles. The normalized spacial score (nSPS) is 12.3. The lowest BCUT2D eigenvalue weighted by atomic mass is 10.0. The number of hydrogen-bond acceptors (Lipinski definition) is 7. The van der Waals surface area contributed by atoms with Gasteiger partial charge in [0.15, 0.2) is 5.96 Å². The standard InChI is InChI=1S/C20H26N6O2.C13H16O4/c21-17(15-10-8-14(9-11-15)13-5-2-1-3-6-13)19(28)26-16(18(22)27)7-4-12-25-20(23)24;1-10(13(15)16)7-8-12(14)17-9-11-5-3-2-4-6-11/h1-3,5-6,8-11,16-17H,4,7,12,21H2,(H2,22,27)(H,26,28)(H4,23,24,25);2-6,10H,7-9H2,1H3,(H,15,16). The van der Waals surface area contributed by atoms with Gasteiger partial charge in [0, 0.05) is 13.0 Å². The molecule has 0 radical (unpaired) electrons. The quantitative estimate of drug-likeness (QED) is 0.0636. The van der Waals surface area contributed by atoms with Gasteiger partial charge in [0.25, 0.3) is 0 Å². The van der Waals surface area contributed by atoms with Crippen molar-refractivity contribution in [2.75, 3.05) is 6.54 Å². The van der Waals surface area contributed by atoms with E-state index >= 15 is 0 Å². The van der Waals surface area contributed by atoms with Crippen molar-refractivity contribution in [1.82, 2.24) is 5.32 Å². The number of carbonyl (C=O) groups excluding carboxylic acids is 3. The lowest BCUT2D eigenvalue weighted by Crippen LogP contribution is -2.47. The average molecular weight is 619 g/mol. The summed E-state index contributed by atoms with van der Waals surface area (Å²) in [5, 5.41) is 11.3. The fourth-order valence-corrected chi connectivity index (χ4v) is 3.98. The average Bonchev–Trinajstić information content (AvgIpc) is 3.04. The molecule has 3 rings (SSSR count). The Kier molecular flexibility index (Phi) is 15.3. The Bertz CT molecular complexity index is 1400. The second kappa shape index (κ2) is 19.1. The van der Waals surface area contributed by atoms with E-state index in [0.717, 1.165) is 16.7 Å². The summed E-state index contributed by atoms with van der Waals surface area (Å²) < 4.78 is 5.03. The van der Waals surface area contributed by atoms with E-state index in [-0.39, 0.29) is 25.0 Å². The monoisotopic (exact) mass is 618 g/mol. The number of primary amides is 1. The number of carboxylic acid groups (broad SMARTS) is 1. The number of carbonyl (C=O) groups is 4. The Labute approximate surface area is 262 Å². The molecule has 0 fully saturated rings. The molecular weight excluding hydrogens is 576 g/mol. The zero-order valence-corrected chi connectivity index (χ0v) is 25.3. The van der Waals surface area contributed by atoms with E-state index in [2.05, 4.69) is 10.3 Å². The Balaban J connectivity index is 0.000000355. The molecule has 3 atom stereocenters. The maximum atomic E-state index is 12.4. The first kappa shape index (κ1) is 36.0. The van der Waals surface area contributed by atoms with Gasteiger partial charge in [-0.25, -0.2) is 0 Å². The highest BCUT2D eigenvalue weighted by Gasteiger charge is 2.22. The van der Waals surface area contributed by atoms with Gasteiger partial charge < -0.3 is 38.1 Å².